The van der Waals surface area contributed by atoms with Crippen LogP contribution in [0.5, 0.6) is 11.5 Å². The van der Waals surface area contributed by atoms with E-state index in [2.05, 4.69) is 14.5 Å². The predicted octanol–water partition coefficient (Wildman–Crippen LogP) is 6.21. The van der Waals surface area contributed by atoms with Crippen LogP contribution in [-0.2, 0) is 0 Å². The van der Waals surface area contributed by atoms with Gasteiger partial charge in [-0.3, -0.25) is 4.98 Å². The molecule has 0 saturated carbocycles. The molecule has 3 aromatic rings. The fraction of sp³-hybridized carbons (Fsp3) is 0.105. The molecule has 9 heteroatoms. The summed E-state index contributed by atoms with van der Waals surface area (Å²) in [6, 6.07) is 12.2. The summed E-state index contributed by atoms with van der Waals surface area (Å²) in [7, 11) is 0. The Labute approximate surface area is 155 Å². The lowest BCUT2D eigenvalue weighted by molar-refractivity contribution is -0.275. The lowest BCUT2D eigenvalue weighted by Gasteiger charge is -2.11. The Balaban J connectivity index is 1.91. The molecule has 0 spiro atoms. The third-order valence-electron chi connectivity index (χ3n) is 3.54. The summed E-state index contributed by atoms with van der Waals surface area (Å²) in [5, 5.41) is 0. The highest BCUT2D eigenvalue weighted by atomic mass is 19.4. The monoisotopic (exact) mass is 399 g/mol. The SMILES string of the molecule is FC(F)(F)Oc1cccc(-c2cncc(-c3cccc(OC(F)(F)F)c3)c2)c1. The first-order valence-electron chi connectivity index (χ1n) is 7.76. The average Bonchev–Trinajstić information content (AvgIpc) is 2.59. The predicted molar refractivity (Wildman–Crippen MR) is 88.5 cm³/mol. The Morgan fingerprint density at radius 3 is 1.39 bits per heavy atom. The van der Waals surface area contributed by atoms with E-state index in [4.69, 9.17) is 0 Å². The van der Waals surface area contributed by atoms with Gasteiger partial charge in [0.2, 0.25) is 0 Å². The molecular weight excluding hydrogens is 388 g/mol. The molecule has 2 aromatic carbocycles. The van der Waals surface area contributed by atoms with E-state index in [0.717, 1.165) is 12.1 Å². The van der Waals surface area contributed by atoms with Gasteiger partial charge in [-0.05, 0) is 41.5 Å². The van der Waals surface area contributed by atoms with Crippen molar-refractivity contribution in [2.24, 2.45) is 0 Å². The molecule has 0 atom stereocenters. The fourth-order valence-corrected chi connectivity index (χ4v) is 2.50. The lowest BCUT2D eigenvalue weighted by Crippen LogP contribution is -2.17. The average molecular weight is 399 g/mol. The van der Waals surface area contributed by atoms with Crippen molar-refractivity contribution in [2.45, 2.75) is 12.7 Å². The van der Waals surface area contributed by atoms with Crippen molar-refractivity contribution in [2.75, 3.05) is 0 Å². The quantitative estimate of drug-likeness (QED) is 0.489. The van der Waals surface area contributed by atoms with Crippen molar-refractivity contribution in [3.05, 3.63) is 67.0 Å². The van der Waals surface area contributed by atoms with Crippen molar-refractivity contribution >= 4 is 0 Å². The molecule has 0 N–H and O–H groups in total. The van der Waals surface area contributed by atoms with E-state index < -0.39 is 24.2 Å². The topological polar surface area (TPSA) is 31.4 Å². The maximum Gasteiger partial charge on any atom is 0.573 e. The Hall–Kier alpha value is -3.23. The number of hydrogen-bond acceptors (Lipinski definition) is 3. The molecule has 0 unspecified atom stereocenters. The summed E-state index contributed by atoms with van der Waals surface area (Å²) in [5.74, 6) is -0.785. The molecule has 0 bridgehead atoms. The van der Waals surface area contributed by atoms with Crippen LogP contribution < -0.4 is 9.47 Å². The molecule has 3 nitrogen and oxygen atoms in total. The summed E-state index contributed by atoms with van der Waals surface area (Å²) >= 11 is 0. The highest BCUT2D eigenvalue weighted by Gasteiger charge is 2.31. The molecule has 1 aromatic heterocycles. The summed E-state index contributed by atoms with van der Waals surface area (Å²) in [5.41, 5.74) is 1.73. The van der Waals surface area contributed by atoms with Gasteiger partial charge >= 0.3 is 12.7 Å². The molecule has 1 heterocycles. The molecule has 28 heavy (non-hydrogen) atoms. The number of pyridine rings is 1. The fourth-order valence-electron chi connectivity index (χ4n) is 2.50. The van der Waals surface area contributed by atoms with Gasteiger partial charge in [0.05, 0.1) is 0 Å². The minimum absolute atomic E-state index is 0.393. The lowest BCUT2D eigenvalue weighted by atomic mass is 10.0. The van der Waals surface area contributed by atoms with Gasteiger partial charge in [-0.2, -0.15) is 0 Å². The van der Waals surface area contributed by atoms with Gasteiger partial charge < -0.3 is 9.47 Å². The van der Waals surface area contributed by atoms with Gasteiger partial charge in [0.15, 0.2) is 0 Å². The number of alkyl halides is 6. The second kappa shape index (κ2) is 7.41. The molecule has 0 amide bonds. The molecule has 0 fully saturated rings. The molecule has 0 aliphatic rings. The van der Waals surface area contributed by atoms with Gasteiger partial charge in [0.1, 0.15) is 11.5 Å². The Bertz CT molecular complexity index is 894. The molecule has 0 radical (unpaired) electrons. The van der Waals surface area contributed by atoms with Crippen LogP contribution >= 0.6 is 0 Å². The first-order valence-corrected chi connectivity index (χ1v) is 7.76. The van der Waals surface area contributed by atoms with Crippen molar-refractivity contribution in [1.82, 2.24) is 4.98 Å². The van der Waals surface area contributed by atoms with Crippen molar-refractivity contribution in [3.63, 3.8) is 0 Å². The number of hydrogen-bond donors (Lipinski definition) is 0. The summed E-state index contributed by atoms with van der Waals surface area (Å²) in [6.07, 6.45) is -6.80. The molecule has 0 saturated heterocycles. The zero-order valence-electron chi connectivity index (χ0n) is 13.9. The number of rotatable bonds is 4. The number of ether oxygens (including phenoxy) is 2. The number of benzene rings is 2. The summed E-state index contributed by atoms with van der Waals surface area (Å²) in [6.45, 7) is 0. The van der Waals surface area contributed by atoms with Crippen LogP contribution in [0.2, 0.25) is 0 Å². The third-order valence-corrected chi connectivity index (χ3v) is 3.54. The van der Waals surface area contributed by atoms with Crippen LogP contribution in [0.1, 0.15) is 0 Å². The Kier molecular flexibility index (Phi) is 5.17. The van der Waals surface area contributed by atoms with E-state index in [9.17, 15) is 26.3 Å². The van der Waals surface area contributed by atoms with E-state index in [1.807, 2.05) is 0 Å². The van der Waals surface area contributed by atoms with Crippen molar-refractivity contribution in [1.29, 1.82) is 0 Å². The van der Waals surface area contributed by atoms with E-state index >= 15 is 0 Å². The van der Waals surface area contributed by atoms with Crippen LogP contribution in [0.3, 0.4) is 0 Å². The van der Waals surface area contributed by atoms with Gasteiger partial charge in [0, 0.05) is 23.5 Å². The summed E-state index contributed by atoms with van der Waals surface area (Å²) in [4.78, 5) is 4.02. The van der Waals surface area contributed by atoms with Crippen molar-refractivity contribution in [3.8, 4) is 33.8 Å². The minimum Gasteiger partial charge on any atom is -0.406 e. The molecule has 0 aliphatic heterocycles. The van der Waals surface area contributed by atoms with Crippen LogP contribution in [-0.4, -0.2) is 17.7 Å². The standard InChI is InChI=1S/C19H11F6NO2/c20-18(21,22)27-16-5-1-3-12(8-16)14-7-15(11-26-10-14)13-4-2-6-17(9-13)28-19(23,24)25/h1-11H. The molecule has 3 rings (SSSR count). The molecular formula is C19H11F6NO2. The van der Waals surface area contributed by atoms with Gasteiger partial charge in [-0.1, -0.05) is 24.3 Å². The van der Waals surface area contributed by atoms with Gasteiger partial charge in [-0.15, -0.1) is 26.3 Å². The summed E-state index contributed by atoms with van der Waals surface area (Å²) < 4.78 is 82.1. The Morgan fingerprint density at radius 2 is 1.00 bits per heavy atom. The second-order valence-corrected chi connectivity index (χ2v) is 5.61. The first-order chi connectivity index (χ1) is 13.1. The van der Waals surface area contributed by atoms with Crippen molar-refractivity contribution < 1.29 is 35.8 Å². The molecule has 0 aliphatic carbocycles. The molecule has 146 valence electrons. The maximum atomic E-state index is 12.4. The smallest absolute Gasteiger partial charge is 0.406 e. The van der Waals surface area contributed by atoms with E-state index in [1.54, 1.807) is 18.2 Å². The number of aromatic nitrogens is 1. The van der Waals surface area contributed by atoms with Crippen LogP contribution in [0.25, 0.3) is 22.3 Å². The second-order valence-electron chi connectivity index (χ2n) is 5.61. The normalized spacial score (nSPS) is 11.9. The largest absolute Gasteiger partial charge is 0.573 e. The zero-order chi connectivity index (χ0) is 20.4. The highest BCUT2D eigenvalue weighted by Crippen LogP contribution is 2.32. The minimum atomic E-state index is -4.82. The Morgan fingerprint density at radius 1 is 0.571 bits per heavy atom. The zero-order valence-corrected chi connectivity index (χ0v) is 13.9. The van der Waals surface area contributed by atoms with E-state index in [0.29, 0.717) is 22.3 Å². The number of nitrogens with zero attached hydrogens (tertiary/aromatic N) is 1. The first kappa shape index (κ1) is 19.5. The van der Waals surface area contributed by atoms with E-state index in [1.165, 1.54) is 36.7 Å². The number of halogens is 6. The van der Waals surface area contributed by atoms with Gasteiger partial charge in [-0.25, -0.2) is 0 Å². The van der Waals surface area contributed by atoms with Crippen LogP contribution in [0.15, 0.2) is 67.0 Å². The van der Waals surface area contributed by atoms with E-state index in [-0.39, 0.29) is 0 Å². The maximum absolute atomic E-state index is 12.4. The van der Waals surface area contributed by atoms with Crippen LogP contribution in [0.4, 0.5) is 26.3 Å². The van der Waals surface area contributed by atoms with Crippen LogP contribution in [0, 0.1) is 0 Å². The van der Waals surface area contributed by atoms with Gasteiger partial charge in [0.25, 0.3) is 0 Å². The third kappa shape index (κ3) is 5.38. The highest BCUT2D eigenvalue weighted by molar-refractivity contribution is 5.73.